The summed E-state index contributed by atoms with van der Waals surface area (Å²) in [7, 11) is 1.70. The molecule has 0 bridgehead atoms. The maximum absolute atomic E-state index is 9.90. The average Bonchev–Trinajstić information content (AvgIpc) is 2.55. The molecule has 1 aromatic carbocycles. The fraction of sp³-hybridized carbons (Fsp3) is 0.474. The zero-order valence-electron chi connectivity index (χ0n) is 14.1. The zero-order chi connectivity index (χ0) is 16.6. The molecular formula is C19H25NO3. The Bertz CT molecular complexity index is 675. The third-order valence-electron chi connectivity index (χ3n) is 5.09. The van der Waals surface area contributed by atoms with Gasteiger partial charge in [0.05, 0.1) is 12.9 Å². The second-order valence-electron chi connectivity index (χ2n) is 6.42. The van der Waals surface area contributed by atoms with Gasteiger partial charge in [0.1, 0.15) is 0 Å². The molecule has 0 fully saturated rings. The number of phenolic OH excluding ortho intramolecular Hbond substituents is 2. The van der Waals surface area contributed by atoms with Gasteiger partial charge < -0.3 is 14.9 Å². The molecule has 0 saturated carbocycles. The largest absolute Gasteiger partial charge is 0.504 e. The van der Waals surface area contributed by atoms with Crippen LogP contribution in [0.25, 0.3) is 0 Å². The van der Waals surface area contributed by atoms with E-state index in [4.69, 9.17) is 4.74 Å². The highest BCUT2D eigenvalue weighted by atomic mass is 16.5. The molecule has 0 aromatic heterocycles. The molecular weight excluding hydrogens is 290 g/mol. The first-order chi connectivity index (χ1) is 11.0. The third-order valence-corrected chi connectivity index (χ3v) is 5.09. The number of aromatic hydroxyl groups is 2. The van der Waals surface area contributed by atoms with Crippen LogP contribution in [0.15, 0.2) is 35.1 Å². The van der Waals surface area contributed by atoms with Crippen LogP contribution < -0.4 is 0 Å². The molecule has 0 aliphatic carbocycles. The van der Waals surface area contributed by atoms with Crippen molar-refractivity contribution < 1.29 is 14.9 Å². The molecule has 4 nitrogen and oxygen atoms in total. The van der Waals surface area contributed by atoms with Gasteiger partial charge in [-0.1, -0.05) is 12.5 Å². The van der Waals surface area contributed by atoms with E-state index in [0.29, 0.717) is 0 Å². The summed E-state index contributed by atoms with van der Waals surface area (Å²) in [5.74, 6) is 0.873. The lowest BCUT2D eigenvalue weighted by Crippen LogP contribution is -2.39. The number of hydrogen-bond acceptors (Lipinski definition) is 4. The van der Waals surface area contributed by atoms with Crippen LogP contribution in [-0.2, 0) is 11.2 Å². The van der Waals surface area contributed by atoms with Crippen LogP contribution in [0.5, 0.6) is 11.5 Å². The quantitative estimate of drug-likeness (QED) is 0.660. The Hall–Kier alpha value is -1.94. The topological polar surface area (TPSA) is 52.9 Å². The molecule has 2 aliphatic rings. The van der Waals surface area contributed by atoms with E-state index in [2.05, 4.69) is 17.9 Å². The highest BCUT2D eigenvalue weighted by molar-refractivity contribution is 5.49. The van der Waals surface area contributed by atoms with E-state index in [1.807, 2.05) is 6.92 Å². The summed E-state index contributed by atoms with van der Waals surface area (Å²) in [5.41, 5.74) is 5.09. The Morgan fingerprint density at radius 3 is 2.78 bits per heavy atom. The minimum atomic E-state index is -0.0268. The van der Waals surface area contributed by atoms with E-state index in [1.165, 1.54) is 11.1 Å². The molecule has 0 amide bonds. The number of methoxy groups -OCH3 is 1. The maximum Gasteiger partial charge on any atom is 0.157 e. The first-order valence-electron chi connectivity index (χ1n) is 8.25. The highest BCUT2D eigenvalue weighted by Gasteiger charge is 2.33. The smallest absolute Gasteiger partial charge is 0.157 e. The van der Waals surface area contributed by atoms with E-state index >= 15 is 0 Å². The van der Waals surface area contributed by atoms with E-state index < -0.39 is 0 Å². The van der Waals surface area contributed by atoms with E-state index in [-0.39, 0.29) is 17.5 Å². The van der Waals surface area contributed by atoms with Crippen molar-refractivity contribution in [2.45, 2.75) is 39.2 Å². The molecule has 4 heteroatoms. The third kappa shape index (κ3) is 2.95. The van der Waals surface area contributed by atoms with Crippen molar-refractivity contribution >= 4 is 0 Å². The predicted molar refractivity (Wildman–Crippen MR) is 90.5 cm³/mol. The van der Waals surface area contributed by atoms with Crippen molar-refractivity contribution in [3.8, 4) is 11.5 Å². The highest BCUT2D eigenvalue weighted by Crippen LogP contribution is 2.43. The fourth-order valence-corrected chi connectivity index (χ4v) is 3.71. The van der Waals surface area contributed by atoms with E-state index in [1.54, 1.807) is 19.2 Å². The number of benzene rings is 1. The summed E-state index contributed by atoms with van der Waals surface area (Å²) in [6.07, 6.45) is 5.02. The second kappa shape index (κ2) is 6.28. The van der Waals surface area contributed by atoms with Gasteiger partial charge in [-0.3, -0.25) is 4.90 Å². The molecule has 1 aromatic rings. The van der Waals surface area contributed by atoms with Gasteiger partial charge in [0.25, 0.3) is 0 Å². The van der Waals surface area contributed by atoms with Crippen LogP contribution in [0.3, 0.4) is 0 Å². The van der Waals surface area contributed by atoms with Crippen molar-refractivity contribution in [2.24, 2.45) is 0 Å². The summed E-state index contributed by atoms with van der Waals surface area (Å²) in [5, 5.41) is 19.7. The van der Waals surface area contributed by atoms with Gasteiger partial charge >= 0.3 is 0 Å². The van der Waals surface area contributed by atoms with Gasteiger partial charge in [0.2, 0.25) is 0 Å². The van der Waals surface area contributed by atoms with Crippen LogP contribution in [-0.4, -0.2) is 35.3 Å². The van der Waals surface area contributed by atoms with Crippen LogP contribution in [0.2, 0.25) is 0 Å². The Morgan fingerprint density at radius 2 is 2.09 bits per heavy atom. The maximum atomic E-state index is 9.90. The lowest BCUT2D eigenvalue weighted by molar-refractivity contribution is 0.185. The average molecular weight is 315 g/mol. The molecule has 0 radical (unpaired) electrons. The molecule has 3 rings (SSSR count). The molecule has 124 valence electrons. The Kier molecular flexibility index (Phi) is 4.35. The minimum Gasteiger partial charge on any atom is -0.504 e. The number of ether oxygens (including phenoxy) is 1. The Balaban J connectivity index is 2.00. The van der Waals surface area contributed by atoms with Crippen LogP contribution in [0, 0.1) is 0 Å². The van der Waals surface area contributed by atoms with Crippen LogP contribution >= 0.6 is 0 Å². The van der Waals surface area contributed by atoms with Crippen LogP contribution in [0.1, 0.15) is 43.9 Å². The molecule has 0 saturated heterocycles. The van der Waals surface area contributed by atoms with Crippen molar-refractivity contribution in [2.75, 3.05) is 20.2 Å². The van der Waals surface area contributed by atoms with E-state index in [0.717, 1.165) is 49.2 Å². The predicted octanol–water partition coefficient (Wildman–Crippen LogP) is 3.66. The Morgan fingerprint density at radius 1 is 1.35 bits per heavy atom. The summed E-state index contributed by atoms with van der Waals surface area (Å²) in [6.45, 7) is 6.13. The number of allylic oxidation sites excluding steroid dienone is 2. The molecule has 23 heavy (non-hydrogen) atoms. The van der Waals surface area contributed by atoms with E-state index in [9.17, 15) is 10.2 Å². The summed E-state index contributed by atoms with van der Waals surface area (Å²) < 4.78 is 5.33. The Labute approximate surface area is 137 Å². The lowest BCUT2D eigenvalue weighted by atomic mass is 9.83. The van der Waals surface area contributed by atoms with Gasteiger partial charge in [0.15, 0.2) is 11.5 Å². The molecule has 2 aliphatic heterocycles. The van der Waals surface area contributed by atoms with Gasteiger partial charge in [-0.15, -0.1) is 0 Å². The van der Waals surface area contributed by atoms with Gasteiger partial charge in [-0.05, 0) is 61.1 Å². The summed E-state index contributed by atoms with van der Waals surface area (Å²) in [6, 6.07) is 3.72. The first-order valence-corrected chi connectivity index (χ1v) is 8.25. The molecule has 2 heterocycles. The molecule has 1 atom stereocenters. The standard InChI is InChI=1S/C19H25NO3/c1-4-13-11-20-6-5-14-9-18(21)19(22)10-16(14)17(20)8-15(13)7-12(2)23-3/h7,9-10,17,21-22H,4-6,8,11H2,1-3H3. The first kappa shape index (κ1) is 15.9. The minimum absolute atomic E-state index is 0.0202. The molecule has 2 N–H and O–H groups in total. The second-order valence-corrected chi connectivity index (χ2v) is 6.42. The summed E-state index contributed by atoms with van der Waals surface area (Å²) >= 11 is 0. The van der Waals surface area contributed by atoms with Crippen molar-refractivity contribution in [3.05, 3.63) is 46.2 Å². The number of phenols is 2. The van der Waals surface area contributed by atoms with Crippen molar-refractivity contribution in [1.82, 2.24) is 4.90 Å². The fourth-order valence-electron chi connectivity index (χ4n) is 3.71. The number of rotatable bonds is 3. The number of hydrogen-bond donors (Lipinski definition) is 2. The zero-order valence-corrected chi connectivity index (χ0v) is 14.1. The number of fused-ring (bicyclic) bond motifs is 3. The van der Waals surface area contributed by atoms with Crippen molar-refractivity contribution in [1.29, 1.82) is 0 Å². The normalized spacial score (nSPS) is 21.9. The molecule has 0 spiro atoms. The monoisotopic (exact) mass is 315 g/mol. The van der Waals surface area contributed by atoms with Gasteiger partial charge in [-0.2, -0.15) is 0 Å². The SMILES string of the molecule is CCC1=C(C=C(C)OC)CC2c3cc(O)c(O)cc3CCN2C1. The van der Waals surface area contributed by atoms with Crippen molar-refractivity contribution in [3.63, 3.8) is 0 Å². The lowest BCUT2D eigenvalue weighted by Gasteiger charge is -2.42. The van der Waals surface area contributed by atoms with Gasteiger partial charge in [0, 0.05) is 19.1 Å². The van der Waals surface area contributed by atoms with Crippen LogP contribution in [0.4, 0.5) is 0 Å². The summed E-state index contributed by atoms with van der Waals surface area (Å²) in [4.78, 5) is 2.48. The molecule has 1 unspecified atom stereocenters. The number of nitrogens with zero attached hydrogens (tertiary/aromatic N) is 1. The van der Waals surface area contributed by atoms with Gasteiger partial charge in [-0.25, -0.2) is 0 Å².